The van der Waals surface area contributed by atoms with Gasteiger partial charge in [-0.1, -0.05) is 12.1 Å². The highest BCUT2D eigenvalue weighted by Crippen LogP contribution is 2.25. The van der Waals surface area contributed by atoms with E-state index in [1.54, 1.807) is 35.4 Å². The van der Waals surface area contributed by atoms with Gasteiger partial charge in [-0.3, -0.25) is 20.0 Å². The minimum absolute atomic E-state index is 0.406. The summed E-state index contributed by atoms with van der Waals surface area (Å²) in [7, 11) is 0. The average Bonchev–Trinajstić information content (AvgIpc) is 3.21. The predicted molar refractivity (Wildman–Crippen MR) is 117 cm³/mol. The number of urea groups is 1. The Bertz CT molecular complexity index is 1190. The van der Waals surface area contributed by atoms with E-state index < -0.39 is 11.8 Å². The molecule has 0 atom stereocenters. The topological polar surface area (TPSA) is 84.7 Å². The lowest BCUT2D eigenvalue weighted by atomic mass is 10.0. The molecule has 156 valence electrons. The molecule has 0 aliphatic heterocycles. The molecule has 8 heteroatoms. The number of nitrogens with one attached hydrogen (secondary N) is 2. The fourth-order valence-corrected chi connectivity index (χ4v) is 3.12. The molecule has 0 fully saturated rings. The molecule has 0 unspecified atom stereocenters. The highest BCUT2D eigenvalue weighted by molar-refractivity contribution is 6.00. The average molecular weight is 416 g/mol. The number of hydrogen-bond donors (Lipinski definition) is 2. The van der Waals surface area contributed by atoms with Gasteiger partial charge in [-0.15, -0.1) is 0 Å². The van der Waals surface area contributed by atoms with Crippen molar-refractivity contribution in [3.05, 3.63) is 90.4 Å². The van der Waals surface area contributed by atoms with Crippen LogP contribution in [0.25, 0.3) is 11.1 Å². The number of amides is 2. The van der Waals surface area contributed by atoms with Crippen molar-refractivity contribution in [2.75, 3.05) is 10.6 Å². The first-order valence-electron chi connectivity index (χ1n) is 9.79. The van der Waals surface area contributed by atoms with Gasteiger partial charge >= 0.3 is 6.03 Å². The zero-order chi connectivity index (χ0) is 21.6. The smallest absolute Gasteiger partial charge is 0.307 e. The third kappa shape index (κ3) is 5.30. The van der Waals surface area contributed by atoms with Gasteiger partial charge in [0.2, 0.25) is 0 Å². The Balaban J connectivity index is 1.39. The van der Waals surface area contributed by atoms with Crippen LogP contribution >= 0.6 is 0 Å². The van der Waals surface area contributed by atoms with Crippen LogP contribution in [0.5, 0.6) is 0 Å². The van der Waals surface area contributed by atoms with Crippen LogP contribution in [0.1, 0.15) is 11.1 Å². The van der Waals surface area contributed by atoms with Gasteiger partial charge in [-0.05, 0) is 54.3 Å². The molecule has 0 aliphatic carbocycles. The highest BCUT2D eigenvalue weighted by atomic mass is 19.1. The fourth-order valence-electron chi connectivity index (χ4n) is 3.12. The molecule has 1 aromatic carbocycles. The van der Waals surface area contributed by atoms with Crippen LogP contribution in [0.2, 0.25) is 0 Å². The van der Waals surface area contributed by atoms with Crippen molar-refractivity contribution >= 4 is 17.5 Å². The molecular weight excluding hydrogens is 395 g/mol. The van der Waals surface area contributed by atoms with Crippen LogP contribution in [-0.2, 0) is 13.0 Å². The number of carbonyl (C=O) groups is 1. The standard InChI is InChI=1S/C23H21FN6O/c1-16-2-3-18(19-12-20(24)15-26-14-19)13-21(16)27-23(31)28-22-7-11-30(29-22)10-6-17-4-8-25-9-5-17/h2-5,7-9,11-15H,6,10H2,1H3,(H2,27,28,29,31). The summed E-state index contributed by atoms with van der Waals surface area (Å²) in [6.07, 6.45) is 8.89. The van der Waals surface area contributed by atoms with Crippen molar-refractivity contribution in [3.8, 4) is 11.1 Å². The summed E-state index contributed by atoms with van der Waals surface area (Å²) < 4.78 is 15.3. The van der Waals surface area contributed by atoms with Gasteiger partial charge in [-0.2, -0.15) is 5.10 Å². The molecular formula is C23H21FN6O. The molecule has 4 aromatic rings. The first kappa shape index (κ1) is 20.2. The molecule has 4 rings (SSSR count). The number of carbonyl (C=O) groups excluding carboxylic acids is 1. The fraction of sp³-hybridized carbons (Fsp3) is 0.130. The number of halogens is 1. The monoisotopic (exact) mass is 416 g/mol. The number of aromatic nitrogens is 4. The van der Waals surface area contributed by atoms with E-state index in [9.17, 15) is 9.18 Å². The third-order valence-corrected chi connectivity index (χ3v) is 4.79. The van der Waals surface area contributed by atoms with Crippen molar-refractivity contribution < 1.29 is 9.18 Å². The quantitative estimate of drug-likeness (QED) is 0.478. The number of hydrogen-bond acceptors (Lipinski definition) is 4. The zero-order valence-electron chi connectivity index (χ0n) is 16.9. The van der Waals surface area contributed by atoms with Crippen molar-refractivity contribution in [1.29, 1.82) is 0 Å². The summed E-state index contributed by atoms with van der Waals surface area (Å²) in [5.41, 5.74) is 4.06. The van der Waals surface area contributed by atoms with Gasteiger partial charge in [0.05, 0.1) is 6.20 Å². The largest absolute Gasteiger partial charge is 0.324 e. The summed E-state index contributed by atoms with van der Waals surface area (Å²) in [6, 6.07) is 12.2. The number of benzene rings is 1. The van der Waals surface area contributed by atoms with Crippen molar-refractivity contribution in [2.45, 2.75) is 19.9 Å². The summed E-state index contributed by atoms with van der Waals surface area (Å²) >= 11 is 0. The summed E-state index contributed by atoms with van der Waals surface area (Å²) in [5, 5.41) is 9.95. The number of pyridine rings is 2. The summed E-state index contributed by atoms with van der Waals surface area (Å²) in [6.45, 7) is 2.58. The molecule has 0 spiro atoms. The Morgan fingerprint density at radius 3 is 2.65 bits per heavy atom. The minimum Gasteiger partial charge on any atom is -0.307 e. The van der Waals surface area contributed by atoms with E-state index in [4.69, 9.17) is 0 Å². The first-order valence-corrected chi connectivity index (χ1v) is 9.79. The second-order valence-electron chi connectivity index (χ2n) is 7.07. The van der Waals surface area contributed by atoms with E-state index in [0.29, 0.717) is 23.6 Å². The Kier molecular flexibility index (Phi) is 5.98. The first-order chi connectivity index (χ1) is 15.1. The summed E-state index contributed by atoms with van der Waals surface area (Å²) in [5.74, 6) is 0.0419. The second-order valence-corrected chi connectivity index (χ2v) is 7.07. The third-order valence-electron chi connectivity index (χ3n) is 4.79. The van der Waals surface area contributed by atoms with E-state index in [2.05, 4.69) is 25.7 Å². The van der Waals surface area contributed by atoms with Gasteiger partial charge < -0.3 is 5.32 Å². The van der Waals surface area contributed by atoms with Crippen LogP contribution in [0, 0.1) is 12.7 Å². The molecule has 3 aromatic heterocycles. The molecule has 31 heavy (non-hydrogen) atoms. The maximum Gasteiger partial charge on any atom is 0.324 e. The molecule has 0 saturated heterocycles. The molecule has 7 nitrogen and oxygen atoms in total. The lowest BCUT2D eigenvalue weighted by Gasteiger charge is -2.11. The molecule has 2 amide bonds. The van der Waals surface area contributed by atoms with E-state index in [-0.39, 0.29) is 0 Å². The Hall–Kier alpha value is -4.07. The van der Waals surface area contributed by atoms with Crippen LogP contribution < -0.4 is 10.6 Å². The van der Waals surface area contributed by atoms with Crippen molar-refractivity contribution in [3.63, 3.8) is 0 Å². The SMILES string of the molecule is Cc1ccc(-c2cncc(F)c2)cc1NC(=O)Nc1ccn(CCc2ccncc2)n1. The van der Waals surface area contributed by atoms with Gasteiger partial charge in [-0.25, -0.2) is 9.18 Å². The van der Waals surface area contributed by atoms with Gasteiger partial charge in [0.15, 0.2) is 5.82 Å². The minimum atomic E-state index is -0.412. The molecule has 2 N–H and O–H groups in total. The van der Waals surface area contributed by atoms with Gasteiger partial charge in [0.25, 0.3) is 0 Å². The number of rotatable bonds is 6. The van der Waals surface area contributed by atoms with Gasteiger partial charge in [0, 0.05) is 48.6 Å². The Morgan fingerprint density at radius 2 is 1.84 bits per heavy atom. The van der Waals surface area contributed by atoms with Crippen LogP contribution in [-0.4, -0.2) is 25.8 Å². The predicted octanol–water partition coefficient (Wildman–Crippen LogP) is 4.67. The van der Waals surface area contributed by atoms with E-state index in [1.807, 2.05) is 37.4 Å². The maximum atomic E-state index is 13.5. The molecule has 0 aliphatic rings. The van der Waals surface area contributed by atoms with Crippen molar-refractivity contribution in [2.24, 2.45) is 0 Å². The normalized spacial score (nSPS) is 10.6. The lowest BCUT2D eigenvalue weighted by molar-refractivity contribution is 0.262. The van der Waals surface area contributed by atoms with Crippen LogP contribution in [0.3, 0.4) is 0 Å². The number of nitrogens with zero attached hydrogens (tertiary/aromatic N) is 4. The van der Waals surface area contributed by atoms with Crippen LogP contribution in [0.4, 0.5) is 20.7 Å². The number of aryl methyl sites for hydroxylation is 3. The zero-order valence-corrected chi connectivity index (χ0v) is 16.9. The molecule has 0 radical (unpaired) electrons. The van der Waals surface area contributed by atoms with E-state index in [1.165, 1.54) is 11.6 Å². The Labute approximate surface area is 179 Å². The van der Waals surface area contributed by atoms with Crippen molar-refractivity contribution in [1.82, 2.24) is 19.7 Å². The van der Waals surface area contributed by atoms with E-state index in [0.717, 1.165) is 23.7 Å². The van der Waals surface area contributed by atoms with E-state index >= 15 is 0 Å². The second kappa shape index (κ2) is 9.17. The number of anilines is 2. The maximum absolute atomic E-state index is 13.5. The molecule has 0 saturated carbocycles. The molecule has 0 bridgehead atoms. The van der Waals surface area contributed by atoms with Gasteiger partial charge in [0.1, 0.15) is 5.82 Å². The summed E-state index contributed by atoms with van der Waals surface area (Å²) in [4.78, 5) is 20.4. The molecule has 3 heterocycles. The Morgan fingerprint density at radius 1 is 1.00 bits per heavy atom. The highest BCUT2D eigenvalue weighted by Gasteiger charge is 2.09. The van der Waals surface area contributed by atoms with Crippen LogP contribution in [0.15, 0.2) is 73.4 Å². The lowest BCUT2D eigenvalue weighted by Crippen LogP contribution is -2.20.